The van der Waals surface area contributed by atoms with Gasteiger partial charge in [0.15, 0.2) is 0 Å². The number of hydrogen-bond donors (Lipinski definition) is 1. The molecule has 6 heteroatoms. The molecule has 0 amide bonds. The number of rotatable bonds is 7. The molecule has 0 spiro atoms. The number of anilines is 1. The van der Waals surface area contributed by atoms with Gasteiger partial charge in [0.05, 0.1) is 17.7 Å². The van der Waals surface area contributed by atoms with Crippen LogP contribution < -0.4 is 5.32 Å². The fraction of sp³-hybridized carbons (Fsp3) is 0.333. The Kier molecular flexibility index (Phi) is 4.94. The van der Waals surface area contributed by atoms with Crippen LogP contribution in [0.3, 0.4) is 0 Å². The number of nitrogens with one attached hydrogen (secondary N) is 1. The van der Waals surface area contributed by atoms with E-state index in [0.29, 0.717) is 25.3 Å². The lowest BCUT2D eigenvalue weighted by molar-refractivity contribution is -0.384. The minimum Gasteiger partial charge on any atom is -0.468 e. The molecule has 0 aliphatic carbocycles. The summed E-state index contributed by atoms with van der Waals surface area (Å²) in [5, 5.41) is 14.0. The normalized spacial score (nSPS) is 10.8. The van der Waals surface area contributed by atoms with E-state index in [1.54, 1.807) is 18.4 Å². The third-order valence-electron chi connectivity index (χ3n) is 3.08. The maximum absolute atomic E-state index is 11.0. The van der Waals surface area contributed by atoms with Gasteiger partial charge in [-0.15, -0.1) is 0 Å². The maximum Gasteiger partial charge on any atom is 0.292 e. The van der Waals surface area contributed by atoms with Crippen molar-refractivity contribution in [2.45, 2.75) is 20.0 Å². The van der Waals surface area contributed by atoms with E-state index in [4.69, 9.17) is 4.42 Å². The van der Waals surface area contributed by atoms with E-state index >= 15 is 0 Å². The fourth-order valence-electron chi connectivity index (χ4n) is 2.21. The number of furan rings is 1. The molecule has 6 nitrogen and oxygen atoms in total. The minimum atomic E-state index is -0.367. The van der Waals surface area contributed by atoms with Crippen molar-refractivity contribution in [3.8, 4) is 0 Å². The number of benzene rings is 1. The van der Waals surface area contributed by atoms with Crippen LogP contribution in [0.4, 0.5) is 11.4 Å². The van der Waals surface area contributed by atoms with Gasteiger partial charge in [0.1, 0.15) is 11.4 Å². The van der Waals surface area contributed by atoms with Crippen LogP contribution in [-0.2, 0) is 13.1 Å². The Hall–Kier alpha value is -2.34. The summed E-state index contributed by atoms with van der Waals surface area (Å²) in [5.74, 6) is 0.895. The van der Waals surface area contributed by atoms with Crippen molar-refractivity contribution < 1.29 is 9.34 Å². The Bertz CT molecular complexity index is 596. The molecule has 1 heterocycles. The first-order valence-corrected chi connectivity index (χ1v) is 6.82. The van der Waals surface area contributed by atoms with Gasteiger partial charge < -0.3 is 9.73 Å². The molecule has 0 bridgehead atoms. The zero-order valence-corrected chi connectivity index (χ0v) is 12.2. The first kappa shape index (κ1) is 15.1. The minimum absolute atomic E-state index is 0.106. The summed E-state index contributed by atoms with van der Waals surface area (Å²) in [5.41, 5.74) is 1.69. The molecule has 0 aliphatic heterocycles. The molecule has 0 saturated heterocycles. The Morgan fingerprint density at radius 3 is 2.76 bits per heavy atom. The summed E-state index contributed by atoms with van der Waals surface area (Å²) >= 11 is 0. The highest BCUT2D eigenvalue weighted by Gasteiger charge is 2.14. The maximum atomic E-state index is 11.0. The summed E-state index contributed by atoms with van der Waals surface area (Å²) in [7, 11) is 1.98. The van der Waals surface area contributed by atoms with E-state index in [2.05, 4.69) is 10.2 Å². The average Bonchev–Trinajstić information content (AvgIpc) is 2.91. The molecule has 1 aromatic heterocycles. The van der Waals surface area contributed by atoms with E-state index in [1.165, 1.54) is 0 Å². The standard InChI is InChI=1S/C15H19N3O3/c1-3-16-14-9-12(6-7-15(14)18(19)20)10-17(2)11-13-5-4-8-21-13/h4-9,16H,3,10-11H2,1-2H3. The molecule has 112 valence electrons. The van der Waals surface area contributed by atoms with Gasteiger partial charge in [-0.3, -0.25) is 15.0 Å². The molecule has 0 unspecified atom stereocenters. The van der Waals surface area contributed by atoms with Crippen LogP contribution in [0.25, 0.3) is 0 Å². The van der Waals surface area contributed by atoms with E-state index in [0.717, 1.165) is 11.3 Å². The zero-order valence-electron chi connectivity index (χ0n) is 12.2. The van der Waals surface area contributed by atoms with Gasteiger partial charge in [-0.05, 0) is 37.7 Å². The second-order valence-electron chi connectivity index (χ2n) is 4.89. The number of hydrogen-bond acceptors (Lipinski definition) is 5. The second-order valence-corrected chi connectivity index (χ2v) is 4.89. The summed E-state index contributed by atoms with van der Waals surface area (Å²) in [6.07, 6.45) is 1.65. The largest absolute Gasteiger partial charge is 0.468 e. The van der Waals surface area contributed by atoms with Crippen molar-refractivity contribution in [3.05, 3.63) is 58.0 Å². The first-order valence-electron chi connectivity index (χ1n) is 6.82. The lowest BCUT2D eigenvalue weighted by Gasteiger charge is -2.16. The Morgan fingerprint density at radius 1 is 1.33 bits per heavy atom. The molecule has 21 heavy (non-hydrogen) atoms. The molecule has 0 fully saturated rings. The molecule has 2 aromatic rings. The molecule has 0 radical (unpaired) electrons. The Balaban J connectivity index is 2.09. The predicted octanol–water partition coefficient (Wildman–Crippen LogP) is 3.25. The van der Waals surface area contributed by atoms with Crippen molar-refractivity contribution in [1.82, 2.24) is 4.90 Å². The molecule has 1 aromatic carbocycles. The Morgan fingerprint density at radius 2 is 2.14 bits per heavy atom. The summed E-state index contributed by atoms with van der Waals surface area (Å²) in [4.78, 5) is 12.7. The fourth-order valence-corrected chi connectivity index (χ4v) is 2.21. The van der Waals surface area contributed by atoms with Gasteiger partial charge in [0.25, 0.3) is 5.69 Å². The summed E-state index contributed by atoms with van der Waals surface area (Å²) < 4.78 is 5.31. The Labute approximate surface area is 123 Å². The lowest BCUT2D eigenvalue weighted by Crippen LogP contribution is -2.17. The third kappa shape index (κ3) is 4.06. The second kappa shape index (κ2) is 6.90. The highest BCUT2D eigenvalue weighted by atomic mass is 16.6. The molecular formula is C15H19N3O3. The first-order chi connectivity index (χ1) is 10.1. The van der Waals surface area contributed by atoms with Gasteiger partial charge >= 0.3 is 0 Å². The van der Waals surface area contributed by atoms with E-state index in [9.17, 15) is 10.1 Å². The molecular weight excluding hydrogens is 270 g/mol. The van der Waals surface area contributed by atoms with Crippen molar-refractivity contribution in [2.24, 2.45) is 0 Å². The van der Waals surface area contributed by atoms with Crippen molar-refractivity contribution >= 4 is 11.4 Å². The van der Waals surface area contributed by atoms with Crippen molar-refractivity contribution in [3.63, 3.8) is 0 Å². The summed E-state index contributed by atoms with van der Waals surface area (Å²) in [6.45, 7) is 3.95. The third-order valence-corrected chi connectivity index (χ3v) is 3.08. The zero-order chi connectivity index (χ0) is 15.2. The molecule has 0 saturated carbocycles. The molecule has 0 aliphatic rings. The highest BCUT2D eigenvalue weighted by molar-refractivity contribution is 5.62. The topological polar surface area (TPSA) is 71.5 Å². The number of nitro benzene ring substituents is 1. The van der Waals surface area contributed by atoms with Crippen molar-refractivity contribution in [2.75, 3.05) is 18.9 Å². The monoisotopic (exact) mass is 289 g/mol. The predicted molar refractivity (Wildman–Crippen MR) is 81.1 cm³/mol. The van der Waals surface area contributed by atoms with Crippen LogP contribution >= 0.6 is 0 Å². The summed E-state index contributed by atoms with van der Waals surface area (Å²) in [6, 6.07) is 8.96. The quantitative estimate of drug-likeness (QED) is 0.625. The van der Waals surface area contributed by atoms with Crippen LogP contribution in [0.5, 0.6) is 0 Å². The van der Waals surface area contributed by atoms with Crippen LogP contribution in [0.2, 0.25) is 0 Å². The van der Waals surface area contributed by atoms with Gasteiger partial charge in [-0.1, -0.05) is 6.07 Å². The number of nitrogens with zero attached hydrogens (tertiary/aromatic N) is 2. The van der Waals surface area contributed by atoms with Crippen molar-refractivity contribution in [1.29, 1.82) is 0 Å². The highest BCUT2D eigenvalue weighted by Crippen LogP contribution is 2.26. The van der Waals surface area contributed by atoms with Crippen LogP contribution in [0.1, 0.15) is 18.2 Å². The molecule has 0 atom stereocenters. The molecule has 1 N–H and O–H groups in total. The van der Waals surface area contributed by atoms with E-state index < -0.39 is 0 Å². The van der Waals surface area contributed by atoms with Gasteiger partial charge in [0.2, 0.25) is 0 Å². The lowest BCUT2D eigenvalue weighted by atomic mass is 10.1. The molecule has 2 rings (SSSR count). The van der Waals surface area contributed by atoms with Gasteiger partial charge in [0, 0.05) is 19.2 Å². The van der Waals surface area contributed by atoms with Crippen LogP contribution in [0, 0.1) is 10.1 Å². The van der Waals surface area contributed by atoms with Gasteiger partial charge in [-0.25, -0.2) is 0 Å². The van der Waals surface area contributed by atoms with E-state index in [1.807, 2.05) is 32.2 Å². The smallest absolute Gasteiger partial charge is 0.292 e. The number of nitro groups is 1. The van der Waals surface area contributed by atoms with E-state index in [-0.39, 0.29) is 10.6 Å². The average molecular weight is 289 g/mol. The van der Waals surface area contributed by atoms with Crippen LogP contribution in [0.15, 0.2) is 41.0 Å². The van der Waals surface area contributed by atoms with Gasteiger partial charge in [-0.2, -0.15) is 0 Å². The van der Waals surface area contributed by atoms with Crippen LogP contribution in [-0.4, -0.2) is 23.4 Å². The SMILES string of the molecule is CCNc1cc(CN(C)Cc2ccco2)ccc1[N+](=O)[O-].